The zero-order valence-electron chi connectivity index (χ0n) is 18.9. The van der Waals surface area contributed by atoms with E-state index in [9.17, 15) is 14.4 Å². The van der Waals surface area contributed by atoms with Gasteiger partial charge < -0.3 is 15.7 Å². The number of rotatable bonds is 4. The summed E-state index contributed by atoms with van der Waals surface area (Å²) in [6.45, 7) is 8.92. The standard InChI is InChI=1S/C18H21N5O2.C7H6O2/c1-20-15-8-4-3-6-13(15)11-23-16(10-17(24)21(2)18(23)25)22-9-5-7-14(19)12-22;8-7(9)6-4-2-1-3-5-6/h3-4,6,8,10,14H,5,7,9,11-12,19H2,2H3;1-5H,(H,8,9)/t14-;/m1./s1. The van der Waals surface area contributed by atoms with E-state index in [1.165, 1.54) is 13.1 Å². The van der Waals surface area contributed by atoms with Crippen molar-refractivity contribution in [2.45, 2.75) is 25.4 Å². The minimum absolute atomic E-state index is 0.0249. The van der Waals surface area contributed by atoms with E-state index in [1.54, 1.807) is 47.0 Å². The Morgan fingerprint density at radius 3 is 2.44 bits per heavy atom. The minimum Gasteiger partial charge on any atom is -0.478 e. The lowest BCUT2D eigenvalue weighted by Gasteiger charge is -2.34. The summed E-state index contributed by atoms with van der Waals surface area (Å²) in [7, 11) is 1.47. The van der Waals surface area contributed by atoms with Gasteiger partial charge in [-0.15, -0.1) is 0 Å². The van der Waals surface area contributed by atoms with Crippen LogP contribution in [0.2, 0.25) is 0 Å². The van der Waals surface area contributed by atoms with Gasteiger partial charge in [0.1, 0.15) is 5.82 Å². The molecule has 0 aliphatic carbocycles. The maximum atomic E-state index is 12.7. The maximum Gasteiger partial charge on any atom is 0.335 e. The lowest BCUT2D eigenvalue weighted by Crippen LogP contribution is -2.47. The normalized spacial score (nSPS) is 15.1. The Bertz CT molecular complexity index is 1310. The van der Waals surface area contributed by atoms with Crippen LogP contribution in [0.3, 0.4) is 0 Å². The number of anilines is 1. The highest BCUT2D eigenvalue weighted by Crippen LogP contribution is 2.22. The topological polar surface area (TPSA) is 115 Å². The highest BCUT2D eigenvalue weighted by molar-refractivity contribution is 5.87. The van der Waals surface area contributed by atoms with E-state index in [1.807, 2.05) is 17.0 Å². The Morgan fingerprint density at radius 1 is 1.15 bits per heavy atom. The monoisotopic (exact) mass is 461 g/mol. The molecule has 2 heterocycles. The van der Waals surface area contributed by atoms with E-state index in [0.29, 0.717) is 23.6 Å². The van der Waals surface area contributed by atoms with Gasteiger partial charge in [0, 0.05) is 38.8 Å². The molecule has 0 radical (unpaired) electrons. The van der Waals surface area contributed by atoms with E-state index in [4.69, 9.17) is 17.4 Å². The summed E-state index contributed by atoms with van der Waals surface area (Å²) in [5.41, 5.74) is 6.92. The number of aromatic carboxylic acids is 1. The van der Waals surface area contributed by atoms with Crippen molar-refractivity contribution in [1.29, 1.82) is 0 Å². The first kappa shape index (κ1) is 24.5. The molecule has 1 saturated heterocycles. The summed E-state index contributed by atoms with van der Waals surface area (Å²) in [4.78, 5) is 40.6. The van der Waals surface area contributed by atoms with Gasteiger partial charge in [-0.05, 0) is 30.5 Å². The molecule has 1 aromatic heterocycles. The molecule has 1 atom stereocenters. The Morgan fingerprint density at radius 2 is 1.82 bits per heavy atom. The van der Waals surface area contributed by atoms with Crippen LogP contribution in [-0.4, -0.2) is 39.3 Å². The predicted octanol–water partition coefficient (Wildman–Crippen LogP) is 2.46. The minimum atomic E-state index is -0.879. The van der Waals surface area contributed by atoms with Crippen LogP contribution in [0.15, 0.2) is 70.3 Å². The van der Waals surface area contributed by atoms with E-state index >= 15 is 0 Å². The Balaban J connectivity index is 0.000000302. The quantitative estimate of drug-likeness (QED) is 0.577. The van der Waals surface area contributed by atoms with Crippen LogP contribution in [0.1, 0.15) is 28.8 Å². The van der Waals surface area contributed by atoms with Crippen molar-refractivity contribution >= 4 is 17.5 Å². The maximum absolute atomic E-state index is 12.7. The van der Waals surface area contributed by atoms with Gasteiger partial charge in [0.05, 0.1) is 12.1 Å². The first-order valence-electron chi connectivity index (χ1n) is 10.9. The third-order valence-electron chi connectivity index (χ3n) is 5.62. The van der Waals surface area contributed by atoms with Crippen LogP contribution in [-0.2, 0) is 13.6 Å². The SMILES string of the molecule is O=C(O)c1ccccc1.[C-]#[N+]c1ccccc1Cn1c(N2CCC[C@@H](N)C2)cc(=O)n(C)c1=O. The molecule has 3 aromatic rings. The number of carbonyl (C=O) groups is 1. The molecule has 1 fully saturated rings. The fourth-order valence-corrected chi connectivity index (χ4v) is 3.79. The lowest BCUT2D eigenvalue weighted by molar-refractivity contribution is 0.0697. The summed E-state index contributed by atoms with van der Waals surface area (Å²) >= 11 is 0. The molecule has 0 bridgehead atoms. The van der Waals surface area contributed by atoms with Crippen molar-refractivity contribution in [3.05, 3.63) is 104 Å². The fourth-order valence-electron chi connectivity index (χ4n) is 3.79. The number of hydrogen-bond acceptors (Lipinski definition) is 5. The predicted molar refractivity (Wildman–Crippen MR) is 131 cm³/mol. The second kappa shape index (κ2) is 11.1. The Kier molecular flexibility index (Phi) is 8.01. The van der Waals surface area contributed by atoms with Gasteiger partial charge in [-0.25, -0.2) is 14.4 Å². The number of aromatic nitrogens is 2. The van der Waals surface area contributed by atoms with Crippen molar-refractivity contribution < 1.29 is 9.90 Å². The number of para-hydroxylation sites is 1. The molecule has 9 nitrogen and oxygen atoms in total. The average molecular weight is 462 g/mol. The zero-order valence-corrected chi connectivity index (χ0v) is 18.9. The number of carboxylic acids is 1. The summed E-state index contributed by atoms with van der Waals surface area (Å²) < 4.78 is 2.65. The summed E-state index contributed by atoms with van der Waals surface area (Å²) in [5, 5.41) is 8.38. The molecule has 0 amide bonds. The van der Waals surface area contributed by atoms with Gasteiger partial charge in [-0.3, -0.25) is 13.9 Å². The van der Waals surface area contributed by atoms with Crippen molar-refractivity contribution in [3.63, 3.8) is 0 Å². The van der Waals surface area contributed by atoms with Crippen molar-refractivity contribution in [2.75, 3.05) is 18.0 Å². The van der Waals surface area contributed by atoms with E-state index in [0.717, 1.165) is 29.5 Å². The Labute approximate surface area is 197 Å². The van der Waals surface area contributed by atoms with Gasteiger partial charge in [-0.1, -0.05) is 42.5 Å². The van der Waals surface area contributed by atoms with Crippen LogP contribution >= 0.6 is 0 Å². The van der Waals surface area contributed by atoms with Crippen LogP contribution in [0.5, 0.6) is 0 Å². The third kappa shape index (κ3) is 5.79. The molecule has 176 valence electrons. The largest absolute Gasteiger partial charge is 0.478 e. The second-order valence-electron chi connectivity index (χ2n) is 8.03. The third-order valence-corrected chi connectivity index (χ3v) is 5.62. The second-order valence-corrected chi connectivity index (χ2v) is 8.03. The summed E-state index contributed by atoms with van der Waals surface area (Å²) in [6.07, 6.45) is 1.86. The van der Waals surface area contributed by atoms with Crippen molar-refractivity contribution in [2.24, 2.45) is 12.8 Å². The van der Waals surface area contributed by atoms with E-state index in [2.05, 4.69) is 4.85 Å². The Hall–Kier alpha value is -4.16. The molecular formula is C25H27N5O4. The molecule has 3 N–H and O–H groups in total. The molecule has 0 saturated carbocycles. The highest BCUT2D eigenvalue weighted by Gasteiger charge is 2.22. The van der Waals surface area contributed by atoms with Gasteiger partial charge in [0.25, 0.3) is 5.56 Å². The smallest absolute Gasteiger partial charge is 0.335 e. The van der Waals surface area contributed by atoms with E-state index in [-0.39, 0.29) is 23.8 Å². The van der Waals surface area contributed by atoms with Gasteiger partial charge in [0.2, 0.25) is 0 Å². The van der Waals surface area contributed by atoms with Gasteiger partial charge in [-0.2, -0.15) is 0 Å². The zero-order chi connectivity index (χ0) is 24.7. The van der Waals surface area contributed by atoms with Crippen LogP contribution in [0, 0.1) is 6.57 Å². The van der Waals surface area contributed by atoms with Crippen molar-refractivity contribution in [1.82, 2.24) is 9.13 Å². The number of carboxylic acid groups (broad SMARTS) is 1. The molecule has 0 spiro atoms. The lowest BCUT2D eigenvalue weighted by atomic mass is 10.1. The number of nitrogens with two attached hydrogens (primary N) is 1. The van der Waals surface area contributed by atoms with Gasteiger partial charge >= 0.3 is 11.7 Å². The fraction of sp³-hybridized carbons (Fsp3) is 0.280. The number of benzene rings is 2. The molecule has 2 aromatic carbocycles. The molecule has 34 heavy (non-hydrogen) atoms. The summed E-state index contributed by atoms with van der Waals surface area (Å²) in [5.74, 6) is -0.307. The van der Waals surface area contributed by atoms with Crippen molar-refractivity contribution in [3.8, 4) is 0 Å². The molecule has 1 aliphatic heterocycles. The van der Waals surface area contributed by atoms with Crippen LogP contribution < -0.4 is 21.9 Å². The molecule has 1 aliphatic rings. The van der Waals surface area contributed by atoms with E-state index < -0.39 is 5.97 Å². The molecule has 9 heteroatoms. The van der Waals surface area contributed by atoms with Gasteiger partial charge in [0.15, 0.2) is 5.69 Å². The molecular weight excluding hydrogens is 434 g/mol. The van der Waals surface area contributed by atoms with Crippen LogP contribution in [0.4, 0.5) is 11.5 Å². The first-order chi connectivity index (χ1) is 16.3. The first-order valence-corrected chi connectivity index (χ1v) is 10.9. The number of piperidine rings is 1. The highest BCUT2D eigenvalue weighted by atomic mass is 16.4. The van der Waals surface area contributed by atoms with Crippen LogP contribution in [0.25, 0.3) is 4.85 Å². The molecule has 4 rings (SSSR count). The molecule has 0 unspecified atom stereocenters. The number of hydrogen-bond donors (Lipinski definition) is 2. The number of nitrogens with zero attached hydrogens (tertiary/aromatic N) is 4. The summed E-state index contributed by atoms with van der Waals surface area (Å²) in [6, 6.07) is 17.0. The average Bonchev–Trinajstić information content (AvgIpc) is 2.85.